The molecule has 110 valence electrons. The minimum absolute atomic E-state index is 0. The summed E-state index contributed by atoms with van der Waals surface area (Å²) in [5, 5.41) is 3.19. The summed E-state index contributed by atoms with van der Waals surface area (Å²) in [5.74, 6) is -0.349. The van der Waals surface area contributed by atoms with E-state index < -0.39 is 0 Å². The third-order valence-electron chi connectivity index (χ3n) is 3.94. The molecule has 0 radical (unpaired) electrons. The molecule has 2 aliphatic heterocycles. The normalized spacial score (nSPS) is 23.7. The number of likely N-dealkylation sites (N-methyl/N-ethyl adjacent to an activating group) is 1. The SMILES string of the molecule is CN(CC(=O)N1CCCC(C(N)=O)C1)C1CNC1.Cl. The predicted octanol–water partition coefficient (Wildman–Crippen LogP) is -0.964. The van der Waals surface area contributed by atoms with Crippen molar-refractivity contribution in [3.05, 3.63) is 0 Å². The summed E-state index contributed by atoms with van der Waals surface area (Å²) in [4.78, 5) is 27.2. The fraction of sp³-hybridized carbons (Fsp3) is 0.833. The molecule has 0 bridgehead atoms. The van der Waals surface area contributed by atoms with Crippen LogP contribution in [0.4, 0.5) is 0 Å². The van der Waals surface area contributed by atoms with E-state index in [1.54, 1.807) is 4.90 Å². The average molecular weight is 291 g/mol. The molecule has 0 aromatic rings. The number of hydrogen-bond donors (Lipinski definition) is 2. The molecule has 2 heterocycles. The Kier molecular flexibility index (Phi) is 6.03. The van der Waals surface area contributed by atoms with Gasteiger partial charge in [-0.3, -0.25) is 14.5 Å². The highest BCUT2D eigenvalue weighted by Gasteiger charge is 2.29. The third-order valence-corrected chi connectivity index (χ3v) is 3.94. The monoisotopic (exact) mass is 290 g/mol. The number of nitrogens with two attached hydrogens (primary N) is 1. The number of carbonyl (C=O) groups is 2. The molecular weight excluding hydrogens is 268 g/mol. The van der Waals surface area contributed by atoms with Gasteiger partial charge in [0.2, 0.25) is 11.8 Å². The molecule has 0 aromatic heterocycles. The Labute approximate surface area is 120 Å². The molecule has 0 aromatic carbocycles. The summed E-state index contributed by atoms with van der Waals surface area (Å²) in [7, 11) is 1.97. The number of piperidine rings is 1. The Bertz CT molecular complexity index is 336. The van der Waals surface area contributed by atoms with E-state index in [-0.39, 0.29) is 30.1 Å². The van der Waals surface area contributed by atoms with E-state index in [2.05, 4.69) is 10.2 Å². The Balaban J connectivity index is 0.00000180. The molecule has 2 amide bonds. The summed E-state index contributed by atoms with van der Waals surface area (Å²) >= 11 is 0. The maximum Gasteiger partial charge on any atom is 0.236 e. The van der Waals surface area contributed by atoms with Gasteiger partial charge >= 0.3 is 0 Å². The lowest BCUT2D eigenvalue weighted by atomic mass is 9.97. The van der Waals surface area contributed by atoms with Crippen LogP contribution in [-0.4, -0.2) is 67.4 Å². The Morgan fingerprint density at radius 1 is 1.42 bits per heavy atom. The topological polar surface area (TPSA) is 78.7 Å². The molecule has 19 heavy (non-hydrogen) atoms. The first kappa shape index (κ1) is 16.2. The van der Waals surface area contributed by atoms with Crippen molar-refractivity contribution in [2.24, 2.45) is 11.7 Å². The molecule has 2 saturated heterocycles. The van der Waals surface area contributed by atoms with E-state index in [0.29, 0.717) is 19.1 Å². The van der Waals surface area contributed by atoms with Crippen LogP contribution in [0.15, 0.2) is 0 Å². The van der Waals surface area contributed by atoms with Gasteiger partial charge in [0.15, 0.2) is 0 Å². The molecule has 6 nitrogen and oxygen atoms in total. The van der Waals surface area contributed by atoms with E-state index in [4.69, 9.17) is 5.73 Å². The third kappa shape index (κ3) is 4.06. The van der Waals surface area contributed by atoms with Crippen molar-refractivity contribution in [2.45, 2.75) is 18.9 Å². The van der Waals surface area contributed by atoms with Gasteiger partial charge in [-0.25, -0.2) is 0 Å². The fourth-order valence-electron chi connectivity index (χ4n) is 2.46. The summed E-state index contributed by atoms with van der Waals surface area (Å²) in [5.41, 5.74) is 5.31. The van der Waals surface area contributed by atoms with Gasteiger partial charge in [0.05, 0.1) is 12.5 Å². The first-order valence-electron chi connectivity index (χ1n) is 6.56. The molecule has 2 aliphatic rings. The second kappa shape index (κ2) is 7.07. The lowest BCUT2D eigenvalue weighted by molar-refractivity contribution is -0.136. The molecule has 7 heteroatoms. The van der Waals surface area contributed by atoms with Gasteiger partial charge in [0.25, 0.3) is 0 Å². The number of likely N-dealkylation sites (tertiary alicyclic amines) is 1. The van der Waals surface area contributed by atoms with Crippen LogP contribution in [0.2, 0.25) is 0 Å². The van der Waals surface area contributed by atoms with Crippen LogP contribution in [0.25, 0.3) is 0 Å². The maximum absolute atomic E-state index is 12.1. The van der Waals surface area contributed by atoms with E-state index in [1.165, 1.54) is 0 Å². The minimum atomic E-state index is -0.288. The van der Waals surface area contributed by atoms with Crippen LogP contribution in [-0.2, 0) is 9.59 Å². The van der Waals surface area contributed by atoms with Gasteiger partial charge in [-0.2, -0.15) is 0 Å². The number of nitrogens with one attached hydrogen (secondary N) is 1. The van der Waals surface area contributed by atoms with Gasteiger partial charge in [-0.15, -0.1) is 12.4 Å². The summed E-state index contributed by atoms with van der Waals surface area (Å²) < 4.78 is 0. The van der Waals surface area contributed by atoms with Gasteiger partial charge in [-0.05, 0) is 19.9 Å². The number of hydrogen-bond acceptors (Lipinski definition) is 4. The average Bonchev–Trinajstić information content (AvgIpc) is 2.26. The molecule has 0 saturated carbocycles. The summed E-state index contributed by atoms with van der Waals surface area (Å²) in [6.45, 7) is 3.57. The van der Waals surface area contributed by atoms with Crippen molar-refractivity contribution in [1.82, 2.24) is 15.1 Å². The quantitative estimate of drug-likeness (QED) is 0.699. The van der Waals surface area contributed by atoms with Crippen LogP contribution in [0.1, 0.15) is 12.8 Å². The minimum Gasteiger partial charge on any atom is -0.369 e. The number of primary amides is 1. The Morgan fingerprint density at radius 3 is 2.63 bits per heavy atom. The van der Waals surface area contributed by atoms with Crippen LogP contribution < -0.4 is 11.1 Å². The highest BCUT2D eigenvalue weighted by Crippen LogP contribution is 2.16. The lowest BCUT2D eigenvalue weighted by Gasteiger charge is -2.37. The molecule has 1 atom stereocenters. The first-order chi connectivity index (χ1) is 8.58. The van der Waals surface area contributed by atoms with Gasteiger partial charge in [-0.1, -0.05) is 0 Å². The highest BCUT2D eigenvalue weighted by molar-refractivity contribution is 5.85. The molecule has 1 unspecified atom stereocenters. The van der Waals surface area contributed by atoms with Crippen molar-refractivity contribution in [3.63, 3.8) is 0 Å². The zero-order valence-corrected chi connectivity index (χ0v) is 12.1. The number of rotatable bonds is 4. The number of halogens is 1. The van der Waals surface area contributed by atoms with Crippen molar-refractivity contribution in [1.29, 1.82) is 0 Å². The largest absolute Gasteiger partial charge is 0.369 e. The van der Waals surface area contributed by atoms with Crippen molar-refractivity contribution >= 4 is 24.2 Å². The molecule has 2 fully saturated rings. The van der Waals surface area contributed by atoms with Crippen LogP contribution >= 0.6 is 12.4 Å². The van der Waals surface area contributed by atoms with Gasteiger partial charge < -0.3 is 16.0 Å². The van der Waals surface area contributed by atoms with Crippen molar-refractivity contribution in [3.8, 4) is 0 Å². The molecule has 3 N–H and O–H groups in total. The van der Waals surface area contributed by atoms with Crippen molar-refractivity contribution < 1.29 is 9.59 Å². The number of nitrogens with zero attached hydrogens (tertiary/aromatic N) is 2. The Morgan fingerprint density at radius 2 is 2.11 bits per heavy atom. The standard InChI is InChI=1S/C12H22N4O2.ClH/c1-15(10-5-14-6-10)8-11(17)16-4-2-3-9(7-16)12(13)18;/h9-10,14H,2-8H2,1H3,(H2,13,18);1H. The predicted molar refractivity (Wildman–Crippen MR) is 75.0 cm³/mol. The van der Waals surface area contributed by atoms with E-state index in [0.717, 1.165) is 32.5 Å². The maximum atomic E-state index is 12.1. The van der Waals surface area contributed by atoms with E-state index in [9.17, 15) is 9.59 Å². The molecule has 2 rings (SSSR count). The second-order valence-electron chi connectivity index (χ2n) is 5.31. The van der Waals surface area contributed by atoms with Crippen LogP contribution in [0.3, 0.4) is 0 Å². The van der Waals surface area contributed by atoms with Gasteiger partial charge in [0, 0.05) is 32.2 Å². The summed E-state index contributed by atoms with van der Waals surface area (Å²) in [6, 6.07) is 0.464. The zero-order chi connectivity index (χ0) is 13.1. The van der Waals surface area contributed by atoms with Crippen LogP contribution in [0.5, 0.6) is 0 Å². The van der Waals surface area contributed by atoms with Crippen molar-refractivity contribution in [2.75, 3.05) is 39.8 Å². The first-order valence-corrected chi connectivity index (χ1v) is 6.56. The van der Waals surface area contributed by atoms with E-state index in [1.807, 2.05) is 7.05 Å². The number of carbonyl (C=O) groups excluding carboxylic acids is 2. The highest BCUT2D eigenvalue weighted by atomic mass is 35.5. The molecule has 0 aliphatic carbocycles. The smallest absolute Gasteiger partial charge is 0.236 e. The van der Waals surface area contributed by atoms with Crippen LogP contribution in [0, 0.1) is 5.92 Å². The Hall–Kier alpha value is -0.850. The molecule has 0 spiro atoms. The fourth-order valence-corrected chi connectivity index (χ4v) is 2.46. The van der Waals surface area contributed by atoms with Gasteiger partial charge in [0.1, 0.15) is 0 Å². The second-order valence-corrected chi connectivity index (χ2v) is 5.31. The lowest BCUT2D eigenvalue weighted by Crippen LogP contribution is -2.58. The number of amides is 2. The van der Waals surface area contributed by atoms with E-state index >= 15 is 0 Å². The molecular formula is C12H23ClN4O2. The zero-order valence-electron chi connectivity index (χ0n) is 11.3. The summed E-state index contributed by atoms with van der Waals surface area (Å²) in [6.07, 6.45) is 1.68.